The van der Waals surface area contributed by atoms with Crippen molar-refractivity contribution < 1.29 is 0 Å². The van der Waals surface area contributed by atoms with Crippen molar-refractivity contribution in [1.82, 2.24) is 19.9 Å². The Balaban J connectivity index is 1.56. The van der Waals surface area contributed by atoms with Crippen molar-refractivity contribution in [3.63, 3.8) is 0 Å². The summed E-state index contributed by atoms with van der Waals surface area (Å²) in [6.45, 7) is 5.03. The monoisotopic (exact) mass is 374 g/mol. The van der Waals surface area contributed by atoms with E-state index in [1.165, 1.54) is 42.4 Å². The fourth-order valence-electron chi connectivity index (χ4n) is 3.45. The van der Waals surface area contributed by atoms with Gasteiger partial charge in [0.2, 0.25) is 5.95 Å². The molecule has 2 aromatic heterocycles. The Kier molecular flexibility index (Phi) is 5.46. The fraction of sp³-hybridized carbons (Fsp3) is 0.364. The number of hydrogen-bond acceptors (Lipinski definition) is 6. The predicted molar refractivity (Wildman–Crippen MR) is 114 cm³/mol. The highest BCUT2D eigenvalue weighted by Crippen LogP contribution is 2.24. The molecule has 144 valence electrons. The molecule has 0 bridgehead atoms. The lowest BCUT2D eigenvalue weighted by atomic mass is 9.97. The molecular weight excluding hydrogens is 348 g/mol. The molecule has 0 saturated heterocycles. The molecule has 2 heterocycles. The Labute approximate surface area is 165 Å². The molecule has 0 saturated carbocycles. The molecule has 6 nitrogen and oxygen atoms in total. The van der Waals surface area contributed by atoms with Gasteiger partial charge in [0.15, 0.2) is 17.0 Å². The number of aryl methyl sites for hydroxylation is 2. The van der Waals surface area contributed by atoms with Crippen LogP contribution >= 0.6 is 0 Å². The average molecular weight is 374 g/mol. The third-order valence-corrected chi connectivity index (χ3v) is 5.22. The predicted octanol–water partition coefficient (Wildman–Crippen LogP) is 5.08. The van der Waals surface area contributed by atoms with E-state index in [0.29, 0.717) is 22.9 Å². The number of nitrogens with one attached hydrogen (secondary N) is 2. The average Bonchev–Trinajstić information content (AvgIpc) is 2.72. The van der Waals surface area contributed by atoms with Gasteiger partial charge in [-0.3, -0.25) is 0 Å². The molecule has 0 unspecified atom stereocenters. The third-order valence-electron chi connectivity index (χ3n) is 5.22. The van der Waals surface area contributed by atoms with Gasteiger partial charge in [0.05, 0.1) is 0 Å². The van der Waals surface area contributed by atoms with Crippen LogP contribution in [-0.4, -0.2) is 26.5 Å². The Bertz CT molecular complexity index is 1010. The van der Waals surface area contributed by atoms with E-state index in [2.05, 4.69) is 68.7 Å². The van der Waals surface area contributed by atoms with Gasteiger partial charge >= 0.3 is 0 Å². The van der Waals surface area contributed by atoms with Crippen LogP contribution in [-0.2, 0) is 0 Å². The van der Waals surface area contributed by atoms with Crippen molar-refractivity contribution in [2.75, 3.05) is 17.2 Å². The van der Waals surface area contributed by atoms with E-state index < -0.39 is 0 Å². The molecule has 1 aliphatic carbocycles. The third kappa shape index (κ3) is 4.27. The van der Waals surface area contributed by atoms with Crippen LogP contribution in [0.5, 0.6) is 0 Å². The SMILES string of the molecule is Cc1ccc(Nc2nc(NCCC3=CCCCC3)nc3nccnc23)cc1C. The van der Waals surface area contributed by atoms with Crippen molar-refractivity contribution in [1.29, 1.82) is 0 Å². The Morgan fingerprint density at radius 2 is 1.89 bits per heavy atom. The van der Waals surface area contributed by atoms with E-state index in [9.17, 15) is 0 Å². The molecule has 3 aromatic rings. The van der Waals surface area contributed by atoms with E-state index in [-0.39, 0.29) is 0 Å². The van der Waals surface area contributed by atoms with Gasteiger partial charge in [0.25, 0.3) is 0 Å². The van der Waals surface area contributed by atoms with Gasteiger partial charge in [-0.25, -0.2) is 9.97 Å². The standard InChI is InChI=1S/C22H26N6/c1-15-8-9-18(14-16(15)2)26-21-19-20(24-13-12-23-19)27-22(28-21)25-11-10-17-6-4-3-5-7-17/h6,8-9,12-14H,3-5,7,10-11H2,1-2H3,(H2,24,25,26,27,28). The summed E-state index contributed by atoms with van der Waals surface area (Å²) in [5, 5.41) is 6.75. The molecule has 0 aliphatic heterocycles. The molecule has 0 atom stereocenters. The second kappa shape index (κ2) is 8.33. The van der Waals surface area contributed by atoms with E-state index in [1.54, 1.807) is 12.4 Å². The zero-order chi connectivity index (χ0) is 19.3. The van der Waals surface area contributed by atoms with Crippen LogP contribution in [0.25, 0.3) is 11.2 Å². The summed E-state index contributed by atoms with van der Waals surface area (Å²) >= 11 is 0. The van der Waals surface area contributed by atoms with Gasteiger partial charge in [0, 0.05) is 24.6 Å². The lowest BCUT2D eigenvalue weighted by molar-refractivity contribution is 0.679. The van der Waals surface area contributed by atoms with Gasteiger partial charge in [-0.2, -0.15) is 9.97 Å². The molecule has 0 radical (unpaired) electrons. The molecule has 0 spiro atoms. The van der Waals surface area contributed by atoms with Crippen molar-refractivity contribution in [3.8, 4) is 0 Å². The maximum atomic E-state index is 4.68. The number of anilines is 3. The van der Waals surface area contributed by atoms with Gasteiger partial charge in [-0.05, 0) is 69.2 Å². The normalized spacial score (nSPS) is 14.0. The maximum Gasteiger partial charge on any atom is 0.226 e. The minimum atomic E-state index is 0.579. The number of fused-ring (bicyclic) bond motifs is 1. The summed E-state index contributed by atoms with van der Waals surface area (Å²) in [4.78, 5) is 18.0. The van der Waals surface area contributed by atoms with Crippen LogP contribution in [0.15, 0.2) is 42.2 Å². The van der Waals surface area contributed by atoms with Crippen LogP contribution in [0.3, 0.4) is 0 Å². The first-order valence-corrected chi connectivity index (χ1v) is 9.94. The highest BCUT2D eigenvalue weighted by Gasteiger charge is 2.11. The quantitative estimate of drug-likeness (QED) is 0.586. The van der Waals surface area contributed by atoms with Gasteiger partial charge in [0.1, 0.15) is 0 Å². The largest absolute Gasteiger partial charge is 0.354 e. The number of aromatic nitrogens is 4. The van der Waals surface area contributed by atoms with Crippen LogP contribution in [0.2, 0.25) is 0 Å². The summed E-state index contributed by atoms with van der Waals surface area (Å²) in [6, 6.07) is 6.27. The summed E-state index contributed by atoms with van der Waals surface area (Å²) in [6.07, 6.45) is 11.8. The van der Waals surface area contributed by atoms with Crippen molar-refractivity contribution in [2.45, 2.75) is 46.0 Å². The molecule has 1 aromatic carbocycles. The Morgan fingerprint density at radius 3 is 2.71 bits per heavy atom. The lowest BCUT2D eigenvalue weighted by Crippen LogP contribution is -2.09. The minimum Gasteiger partial charge on any atom is -0.354 e. The van der Waals surface area contributed by atoms with Crippen molar-refractivity contribution in [3.05, 3.63) is 53.4 Å². The summed E-state index contributed by atoms with van der Waals surface area (Å²) < 4.78 is 0. The molecule has 0 fully saturated rings. The van der Waals surface area contributed by atoms with E-state index >= 15 is 0 Å². The van der Waals surface area contributed by atoms with E-state index in [0.717, 1.165) is 18.7 Å². The molecule has 4 rings (SSSR count). The Morgan fingerprint density at radius 1 is 1.00 bits per heavy atom. The fourth-order valence-corrected chi connectivity index (χ4v) is 3.45. The first kappa shape index (κ1) is 18.3. The highest BCUT2D eigenvalue weighted by molar-refractivity contribution is 5.85. The first-order valence-electron chi connectivity index (χ1n) is 9.94. The van der Waals surface area contributed by atoms with Crippen LogP contribution in [0.1, 0.15) is 43.2 Å². The summed E-state index contributed by atoms with van der Waals surface area (Å²) in [7, 11) is 0. The van der Waals surface area contributed by atoms with Crippen LogP contribution in [0.4, 0.5) is 17.5 Å². The van der Waals surface area contributed by atoms with Crippen LogP contribution < -0.4 is 10.6 Å². The minimum absolute atomic E-state index is 0.579. The summed E-state index contributed by atoms with van der Waals surface area (Å²) in [5.41, 5.74) is 6.26. The second-order valence-electron chi connectivity index (χ2n) is 7.33. The van der Waals surface area contributed by atoms with Gasteiger partial charge in [-0.1, -0.05) is 17.7 Å². The zero-order valence-corrected chi connectivity index (χ0v) is 16.5. The van der Waals surface area contributed by atoms with Crippen LogP contribution in [0, 0.1) is 13.8 Å². The van der Waals surface area contributed by atoms with E-state index in [4.69, 9.17) is 0 Å². The van der Waals surface area contributed by atoms with Gasteiger partial charge < -0.3 is 10.6 Å². The lowest BCUT2D eigenvalue weighted by Gasteiger charge is -2.14. The highest BCUT2D eigenvalue weighted by atomic mass is 15.2. The van der Waals surface area contributed by atoms with E-state index in [1.807, 2.05) is 0 Å². The van der Waals surface area contributed by atoms with Gasteiger partial charge in [-0.15, -0.1) is 0 Å². The molecule has 28 heavy (non-hydrogen) atoms. The smallest absolute Gasteiger partial charge is 0.226 e. The summed E-state index contributed by atoms with van der Waals surface area (Å²) in [5.74, 6) is 1.25. The first-order chi connectivity index (χ1) is 13.7. The molecular formula is C22H26N6. The second-order valence-corrected chi connectivity index (χ2v) is 7.33. The van der Waals surface area contributed by atoms with Crippen molar-refractivity contribution >= 4 is 28.6 Å². The number of hydrogen-bond donors (Lipinski definition) is 2. The number of rotatable bonds is 6. The topological polar surface area (TPSA) is 75.6 Å². The Hall–Kier alpha value is -3.02. The number of nitrogens with zero attached hydrogens (tertiary/aromatic N) is 4. The molecule has 1 aliphatic rings. The van der Waals surface area contributed by atoms with Crippen molar-refractivity contribution in [2.24, 2.45) is 0 Å². The number of benzene rings is 1. The maximum absolute atomic E-state index is 4.68. The zero-order valence-electron chi connectivity index (χ0n) is 16.5. The molecule has 0 amide bonds. The number of allylic oxidation sites excluding steroid dienone is 1. The molecule has 2 N–H and O–H groups in total. The molecule has 6 heteroatoms.